The van der Waals surface area contributed by atoms with E-state index in [9.17, 15) is 4.79 Å². The molecule has 0 aliphatic heterocycles. The number of amides is 1. The third kappa shape index (κ3) is 3.78. The van der Waals surface area contributed by atoms with Gasteiger partial charge in [-0.05, 0) is 39.5 Å². The van der Waals surface area contributed by atoms with Crippen molar-refractivity contribution in [1.82, 2.24) is 10.2 Å². The van der Waals surface area contributed by atoms with Crippen LogP contribution in [0.1, 0.15) is 46.5 Å². The molecule has 16 heavy (non-hydrogen) atoms. The Balaban J connectivity index is 2.25. The van der Waals surface area contributed by atoms with Gasteiger partial charge in [-0.2, -0.15) is 0 Å². The monoisotopic (exact) mass is 226 g/mol. The highest BCUT2D eigenvalue weighted by Crippen LogP contribution is 2.27. The molecule has 1 rings (SSSR count). The summed E-state index contributed by atoms with van der Waals surface area (Å²) < 4.78 is 0. The third-order valence-electron chi connectivity index (χ3n) is 3.85. The second-order valence-electron chi connectivity index (χ2n) is 5.31. The summed E-state index contributed by atoms with van der Waals surface area (Å²) in [5, 5.41) is 3.37. The van der Waals surface area contributed by atoms with Crippen LogP contribution in [0.2, 0.25) is 0 Å². The van der Waals surface area contributed by atoms with Crippen molar-refractivity contribution in [2.45, 2.75) is 58.5 Å². The van der Waals surface area contributed by atoms with Gasteiger partial charge in [-0.3, -0.25) is 4.79 Å². The van der Waals surface area contributed by atoms with Gasteiger partial charge in [0.1, 0.15) is 0 Å². The van der Waals surface area contributed by atoms with Crippen LogP contribution in [0.5, 0.6) is 0 Å². The fraction of sp³-hybridized carbons (Fsp3) is 0.923. The molecule has 0 spiro atoms. The predicted molar refractivity (Wildman–Crippen MR) is 67.3 cm³/mol. The number of carbonyl (C=O) groups excluding carboxylic acids is 1. The van der Waals surface area contributed by atoms with Crippen molar-refractivity contribution >= 4 is 5.91 Å². The van der Waals surface area contributed by atoms with Gasteiger partial charge in [-0.1, -0.05) is 12.8 Å². The zero-order valence-electron chi connectivity index (χ0n) is 11.1. The van der Waals surface area contributed by atoms with Crippen LogP contribution >= 0.6 is 0 Å². The largest absolute Gasteiger partial charge is 0.342 e. The molecule has 0 heterocycles. The molecule has 1 saturated carbocycles. The summed E-state index contributed by atoms with van der Waals surface area (Å²) in [5.74, 6) is 0.969. The summed E-state index contributed by atoms with van der Waals surface area (Å²) in [6.45, 7) is 6.77. The van der Waals surface area contributed by atoms with E-state index in [1.54, 1.807) is 4.90 Å². The summed E-state index contributed by atoms with van der Waals surface area (Å²) in [7, 11) is 1.87. The van der Waals surface area contributed by atoms with E-state index in [2.05, 4.69) is 12.2 Å². The molecule has 0 bridgehead atoms. The molecule has 3 heteroatoms. The van der Waals surface area contributed by atoms with Crippen LogP contribution in [-0.2, 0) is 4.79 Å². The summed E-state index contributed by atoms with van der Waals surface area (Å²) in [4.78, 5) is 13.6. The van der Waals surface area contributed by atoms with Crippen molar-refractivity contribution < 1.29 is 4.79 Å². The zero-order valence-corrected chi connectivity index (χ0v) is 11.1. The van der Waals surface area contributed by atoms with Gasteiger partial charge in [0.2, 0.25) is 5.91 Å². The topological polar surface area (TPSA) is 32.3 Å². The summed E-state index contributed by atoms with van der Waals surface area (Å²) >= 11 is 0. The minimum atomic E-state index is 0.194. The third-order valence-corrected chi connectivity index (χ3v) is 3.85. The van der Waals surface area contributed by atoms with E-state index in [4.69, 9.17) is 0 Å². The van der Waals surface area contributed by atoms with Crippen LogP contribution in [-0.4, -0.2) is 36.5 Å². The van der Waals surface area contributed by atoms with Gasteiger partial charge in [0, 0.05) is 19.1 Å². The van der Waals surface area contributed by atoms with Gasteiger partial charge in [0.05, 0.1) is 6.54 Å². The van der Waals surface area contributed by atoms with Gasteiger partial charge in [0.25, 0.3) is 0 Å². The van der Waals surface area contributed by atoms with E-state index in [1.807, 2.05) is 20.9 Å². The van der Waals surface area contributed by atoms with E-state index in [0.717, 1.165) is 5.92 Å². The molecular weight excluding hydrogens is 200 g/mol. The minimum Gasteiger partial charge on any atom is -0.342 e. The first-order valence-corrected chi connectivity index (χ1v) is 6.51. The molecule has 0 radical (unpaired) electrons. The number of carbonyl (C=O) groups is 1. The first kappa shape index (κ1) is 13.5. The van der Waals surface area contributed by atoms with Crippen LogP contribution in [0, 0.1) is 5.92 Å². The standard InChI is InChI=1S/C13H26N2O/c1-10(2)15(4)13(16)9-14-11(3)12-7-5-6-8-12/h10-12,14H,5-9H2,1-4H3/t11-/m0/s1. The second-order valence-corrected chi connectivity index (χ2v) is 5.31. The molecule has 3 nitrogen and oxygen atoms in total. The Labute approximate surface area is 99.6 Å². The van der Waals surface area contributed by atoms with Gasteiger partial charge in [-0.25, -0.2) is 0 Å². The summed E-state index contributed by atoms with van der Waals surface area (Å²) in [6, 6.07) is 0.767. The van der Waals surface area contributed by atoms with Crippen molar-refractivity contribution in [3.05, 3.63) is 0 Å². The molecule has 94 valence electrons. The van der Waals surface area contributed by atoms with Crippen LogP contribution in [0.15, 0.2) is 0 Å². The van der Waals surface area contributed by atoms with Crippen LogP contribution < -0.4 is 5.32 Å². The van der Waals surface area contributed by atoms with Crippen LogP contribution in [0.3, 0.4) is 0 Å². The molecule has 1 aliphatic carbocycles. The predicted octanol–water partition coefficient (Wildman–Crippen LogP) is 2.02. The lowest BCUT2D eigenvalue weighted by molar-refractivity contribution is -0.130. The van der Waals surface area contributed by atoms with Crippen molar-refractivity contribution in [3.8, 4) is 0 Å². The fourth-order valence-corrected chi connectivity index (χ4v) is 2.29. The van der Waals surface area contributed by atoms with E-state index >= 15 is 0 Å². The lowest BCUT2D eigenvalue weighted by Gasteiger charge is -2.24. The average molecular weight is 226 g/mol. The first-order chi connectivity index (χ1) is 7.52. The highest BCUT2D eigenvalue weighted by Gasteiger charge is 2.22. The van der Waals surface area contributed by atoms with E-state index < -0.39 is 0 Å². The van der Waals surface area contributed by atoms with Crippen molar-refractivity contribution in [1.29, 1.82) is 0 Å². The lowest BCUT2D eigenvalue weighted by Crippen LogP contribution is -2.43. The fourth-order valence-electron chi connectivity index (χ4n) is 2.29. The average Bonchev–Trinajstić information content (AvgIpc) is 2.77. The molecule has 0 saturated heterocycles. The Kier molecular flexibility index (Phi) is 5.26. The molecule has 0 aromatic carbocycles. The second kappa shape index (κ2) is 6.24. The SMILES string of the molecule is CC(C)N(C)C(=O)CN[C@@H](C)C1CCCC1. The normalized spacial score (nSPS) is 19.1. The van der Waals surface area contributed by atoms with E-state index in [-0.39, 0.29) is 11.9 Å². The molecule has 1 N–H and O–H groups in total. The van der Waals surface area contributed by atoms with Gasteiger partial charge < -0.3 is 10.2 Å². The maximum atomic E-state index is 11.8. The molecule has 1 aliphatic rings. The van der Waals surface area contributed by atoms with Crippen molar-refractivity contribution in [3.63, 3.8) is 0 Å². The quantitative estimate of drug-likeness (QED) is 0.778. The minimum absolute atomic E-state index is 0.194. The molecule has 0 aromatic heterocycles. The summed E-state index contributed by atoms with van der Waals surface area (Å²) in [6.07, 6.45) is 5.36. The van der Waals surface area contributed by atoms with Crippen molar-refractivity contribution in [2.24, 2.45) is 5.92 Å². The Hall–Kier alpha value is -0.570. The maximum absolute atomic E-state index is 11.8. The summed E-state index contributed by atoms with van der Waals surface area (Å²) in [5.41, 5.74) is 0. The molecule has 1 fully saturated rings. The van der Waals surface area contributed by atoms with Crippen LogP contribution in [0.4, 0.5) is 0 Å². The number of nitrogens with one attached hydrogen (secondary N) is 1. The number of nitrogens with zero attached hydrogens (tertiary/aromatic N) is 1. The Morgan fingerprint density at radius 1 is 1.31 bits per heavy atom. The van der Waals surface area contributed by atoms with Gasteiger partial charge in [-0.15, -0.1) is 0 Å². The number of hydrogen-bond donors (Lipinski definition) is 1. The molecule has 0 aromatic rings. The molecular formula is C13H26N2O. The number of likely N-dealkylation sites (N-methyl/N-ethyl adjacent to an activating group) is 1. The van der Waals surface area contributed by atoms with Gasteiger partial charge in [0.15, 0.2) is 0 Å². The number of rotatable bonds is 5. The van der Waals surface area contributed by atoms with Crippen molar-refractivity contribution in [2.75, 3.05) is 13.6 Å². The Morgan fingerprint density at radius 3 is 2.38 bits per heavy atom. The first-order valence-electron chi connectivity index (χ1n) is 6.51. The smallest absolute Gasteiger partial charge is 0.236 e. The highest BCUT2D eigenvalue weighted by molar-refractivity contribution is 5.78. The molecule has 1 amide bonds. The van der Waals surface area contributed by atoms with Gasteiger partial charge >= 0.3 is 0 Å². The Morgan fingerprint density at radius 2 is 1.88 bits per heavy atom. The lowest BCUT2D eigenvalue weighted by atomic mass is 10.00. The highest BCUT2D eigenvalue weighted by atomic mass is 16.2. The molecule has 1 atom stereocenters. The van der Waals surface area contributed by atoms with Crippen LogP contribution in [0.25, 0.3) is 0 Å². The number of hydrogen-bond acceptors (Lipinski definition) is 2. The zero-order chi connectivity index (χ0) is 12.1. The van der Waals surface area contributed by atoms with E-state index in [0.29, 0.717) is 12.6 Å². The van der Waals surface area contributed by atoms with E-state index in [1.165, 1.54) is 25.7 Å². The molecule has 0 unspecified atom stereocenters. The Bertz CT molecular complexity index is 222. The maximum Gasteiger partial charge on any atom is 0.236 e.